The number of ether oxygens (including phenoxy) is 5. The molecule has 0 aliphatic heterocycles. The molecule has 116 valence electrons. The predicted molar refractivity (Wildman–Crippen MR) is 73.9 cm³/mol. The molecule has 0 atom stereocenters. The molecule has 0 rings (SSSR count). The van der Waals surface area contributed by atoms with Crippen LogP contribution in [-0.2, 0) is 23.7 Å². The summed E-state index contributed by atoms with van der Waals surface area (Å²) in [5, 5.41) is 0.842. The fourth-order valence-corrected chi connectivity index (χ4v) is 1.32. The van der Waals surface area contributed by atoms with Gasteiger partial charge >= 0.3 is 0 Å². The van der Waals surface area contributed by atoms with Crippen molar-refractivity contribution in [3.05, 3.63) is 0 Å². The normalized spacial score (nSPS) is 11.1. The Morgan fingerprint density at radius 2 is 0.842 bits per heavy atom. The molecule has 0 aromatic rings. The molecule has 5 nitrogen and oxygen atoms in total. The molecule has 0 saturated heterocycles. The maximum atomic E-state index is 11.6. The van der Waals surface area contributed by atoms with E-state index in [1.807, 2.05) is 0 Å². The lowest BCUT2D eigenvalue weighted by Crippen LogP contribution is -2.13. The number of rotatable bonds is 16. The highest BCUT2D eigenvalue weighted by Crippen LogP contribution is 1.85. The van der Waals surface area contributed by atoms with Crippen LogP contribution >= 0.6 is 15.9 Å². The number of hydrogen-bond donors (Lipinski definition) is 0. The Morgan fingerprint density at radius 1 is 0.526 bits per heavy atom. The van der Waals surface area contributed by atoms with Crippen molar-refractivity contribution >= 4 is 15.9 Å². The summed E-state index contributed by atoms with van der Waals surface area (Å²) in [6.45, 7) is 4.57. The van der Waals surface area contributed by atoms with Gasteiger partial charge in [0.2, 0.25) is 0 Å². The third-order valence-electron chi connectivity index (χ3n) is 1.93. The van der Waals surface area contributed by atoms with Gasteiger partial charge in [-0.05, 0) is 0 Å². The maximum Gasteiger partial charge on any atom is 0.113 e. The van der Waals surface area contributed by atoms with Crippen molar-refractivity contribution in [2.75, 3.05) is 78.1 Å². The lowest BCUT2D eigenvalue weighted by Gasteiger charge is -2.07. The van der Waals surface area contributed by atoms with Crippen LogP contribution in [0.2, 0.25) is 0 Å². The van der Waals surface area contributed by atoms with Crippen molar-refractivity contribution in [2.45, 2.75) is 0 Å². The standard InChI is InChI=1S/C12H24BrFO5/c13-1-3-15-5-7-17-9-11-19-12-10-18-8-6-16-4-2-14/h1-12H2. The first-order chi connectivity index (χ1) is 9.41. The van der Waals surface area contributed by atoms with Crippen molar-refractivity contribution in [1.82, 2.24) is 0 Å². The third kappa shape index (κ3) is 18.2. The van der Waals surface area contributed by atoms with Crippen molar-refractivity contribution in [1.29, 1.82) is 0 Å². The molecule has 0 aliphatic rings. The summed E-state index contributed by atoms with van der Waals surface area (Å²) in [5.41, 5.74) is 0. The summed E-state index contributed by atoms with van der Waals surface area (Å²) in [7, 11) is 0. The van der Waals surface area contributed by atoms with E-state index >= 15 is 0 Å². The van der Waals surface area contributed by atoms with E-state index in [4.69, 9.17) is 23.7 Å². The minimum absolute atomic E-state index is 0.135. The number of hydrogen-bond acceptors (Lipinski definition) is 5. The zero-order valence-electron chi connectivity index (χ0n) is 11.3. The Morgan fingerprint density at radius 3 is 1.16 bits per heavy atom. The quantitative estimate of drug-likeness (QED) is 0.312. The highest BCUT2D eigenvalue weighted by molar-refractivity contribution is 9.09. The van der Waals surface area contributed by atoms with E-state index in [0.29, 0.717) is 59.5 Å². The average Bonchev–Trinajstić information content (AvgIpc) is 2.43. The van der Waals surface area contributed by atoms with Crippen LogP contribution in [0.15, 0.2) is 0 Å². The minimum Gasteiger partial charge on any atom is -0.378 e. The van der Waals surface area contributed by atoms with Gasteiger partial charge in [-0.2, -0.15) is 0 Å². The van der Waals surface area contributed by atoms with E-state index in [-0.39, 0.29) is 6.61 Å². The van der Waals surface area contributed by atoms with E-state index in [1.165, 1.54) is 0 Å². The van der Waals surface area contributed by atoms with Crippen LogP contribution in [0.4, 0.5) is 4.39 Å². The first-order valence-corrected chi connectivity index (χ1v) is 7.54. The van der Waals surface area contributed by atoms with Crippen LogP contribution < -0.4 is 0 Å². The topological polar surface area (TPSA) is 46.2 Å². The summed E-state index contributed by atoms with van der Waals surface area (Å²) in [6, 6.07) is 0. The van der Waals surface area contributed by atoms with E-state index in [9.17, 15) is 4.39 Å². The van der Waals surface area contributed by atoms with Crippen LogP contribution in [-0.4, -0.2) is 78.1 Å². The summed E-state index contributed by atoms with van der Waals surface area (Å²) >= 11 is 3.27. The van der Waals surface area contributed by atoms with Crippen molar-refractivity contribution in [2.24, 2.45) is 0 Å². The van der Waals surface area contributed by atoms with Crippen molar-refractivity contribution < 1.29 is 28.1 Å². The molecule has 0 aliphatic carbocycles. The zero-order chi connectivity index (χ0) is 14.0. The van der Waals surface area contributed by atoms with Gasteiger partial charge in [-0.15, -0.1) is 0 Å². The second kappa shape index (κ2) is 18.2. The van der Waals surface area contributed by atoms with Crippen molar-refractivity contribution in [3.63, 3.8) is 0 Å². The Hall–Kier alpha value is 0.210. The molecule has 0 saturated carbocycles. The largest absolute Gasteiger partial charge is 0.378 e. The van der Waals surface area contributed by atoms with Gasteiger partial charge in [0.15, 0.2) is 0 Å². The van der Waals surface area contributed by atoms with Gasteiger partial charge in [0.25, 0.3) is 0 Å². The fourth-order valence-electron chi connectivity index (χ4n) is 1.09. The molecule has 0 aromatic carbocycles. The number of halogens is 2. The molecule has 0 radical (unpaired) electrons. The molecule has 0 N–H and O–H groups in total. The second-order valence-corrected chi connectivity index (χ2v) is 4.23. The average molecular weight is 347 g/mol. The Balaban J connectivity index is 2.88. The van der Waals surface area contributed by atoms with Crippen LogP contribution in [0.3, 0.4) is 0 Å². The molecular weight excluding hydrogens is 323 g/mol. The Kier molecular flexibility index (Phi) is 18.4. The molecule has 0 heterocycles. The molecule has 0 spiro atoms. The highest BCUT2D eigenvalue weighted by atomic mass is 79.9. The second-order valence-electron chi connectivity index (χ2n) is 3.44. The molecule has 0 aromatic heterocycles. The van der Waals surface area contributed by atoms with Crippen molar-refractivity contribution in [3.8, 4) is 0 Å². The third-order valence-corrected chi connectivity index (χ3v) is 2.25. The molecule has 0 amide bonds. The lowest BCUT2D eigenvalue weighted by molar-refractivity contribution is -0.0107. The van der Waals surface area contributed by atoms with Gasteiger partial charge in [0.1, 0.15) is 6.67 Å². The minimum atomic E-state index is -0.454. The lowest BCUT2D eigenvalue weighted by atomic mass is 10.7. The molecule has 0 unspecified atom stereocenters. The predicted octanol–water partition coefficient (Wildman–Crippen LogP) is 1.43. The van der Waals surface area contributed by atoms with E-state index in [0.717, 1.165) is 5.33 Å². The summed E-state index contributed by atoms with van der Waals surface area (Å²) in [5.74, 6) is 0. The van der Waals surface area contributed by atoms with Gasteiger partial charge in [0.05, 0.1) is 66.1 Å². The summed E-state index contributed by atoms with van der Waals surface area (Å²) in [6.07, 6.45) is 0. The molecule has 0 bridgehead atoms. The Bertz CT molecular complexity index is 149. The number of alkyl halides is 2. The van der Waals surface area contributed by atoms with Gasteiger partial charge in [-0.25, -0.2) is 4.39 Å². The molecule has 0 fully saturated rings. The van der Waals surface area contributed by atoms with Gasteiger partial charge in [0, 0.05) is 5.33 Å². The van der Waals surface area contributed by atoms with Gasteiger partial charge in [-0.1, -0.05) is 15.9 Å². The van der Waals surface area contributed by atoms with Crippen LogP contribution in [0.5, 0.6) is 0 Å². The zero-order valence-corrected chi connectivity index (χ0v) is 12.9. The smallest absolute Gasteiger partial charge is 0.113 e. The monoisotopic (exact) mass is 346 g/mol. The van der Waals surface area contributed by atoms with E-state index in [2.05, 4.69) is 15.9 Å². The molecule has 7 heteroatoms. The van der Waals surface area contributed by atoms with Gasteiger partial charge in [-0.3, -0.25) is 0 Å². The van der Waals surface area contributed by atoms with Gasteiger partial charge < -0.3 is 23.7 Å². The first kappa shape index (κ1) is 19.2. The van der Waals surface area contributed by atoms with E-state index < -0.39 is 6.67 Å². The SMILES string of the molecule is FCCOCCOCCOCCOCCOCCBr. The van der Waals surface area contributed by atoms with E-state index in [1.54, 1.807) is 0 Å². The Labute approximate surface area is 122 Å². The fraction of sp³-hybridized carbons (Fsp3) is 1.00. The van der Waals surface area contributed by atoms with Crippen LogP contribution in [0.25, 0.3) is 0 Å². The maximum absolute atomic E-state index is 11.6. The summed E-state index contributed by atoms with van der Waals surface area (Å²) in [4.78, 5) is 0. The summed E-state index contributed by atoms with van der Waals surface area (Å²) < 4.78 is 37.6. The first-order valence-electron chi connectivity index (χ1n) is 6.42. The molecular formula is C12H24BrFO5. The highest BCUT2D eigenvalue weighted by Gasteiger charge is 1.93. The van der Waals surface area contributed by atoms with Crippen LogP contribution in [0.1, 0.15) is 0 Å². The van der Waals surface area contributed by atoms with Crippen LogP contribution in [0, 0.1) is 0 Å². The molecule has 19 heavy (non-hydrogen) atoms.